The zero-order valence-electron chi connectivity index (χ0n) is 6.29. The average Bonchev–Trinajstić information content (AvgIpc) is 2.31. The monoisotopic (exact) mass is 144 g/mol. The van der Waals surface area contributed by atoms with Gasteiger partial charge >= 0.3 is 0 Å². The van der Waals surface area contributed by atoms with E-state index in [4.69, 9.17) is 5.11 Å². The molecule has 3 N–H and O–H groups in total. The molecule has 1 fully saturated rings. The van der Waals surface area contributed by atoms with Crippen LogP contribution < -0.4 is 5.32 Å². The smallest absolute Gasteiger partial charge is 0.0679 e. The molecule has 0 aliphatic carbocycles. The molecule has 1 rings (SSSR count). The summed E-state index contributed by atoms with van der Waals surface area (Å²) in [5.74, 6) is 0. The SMILES string of the molecule is [CH2-][NH2+]CCN1CC[C@@H](O)C1. The quantitative estimate of drug-likeness (QED) is 0.469. The second-order valence-electron chi connectivity index (χ2n) is 2.82. The topological polar surface area (TPSA) is 40.1 Å². The maximum Gasteiger partial charge on any atom is 0.0679 e. The Morgan fingerprint density at radius 2 is 2.50 bits per heavy atom. The van der Waals surface area contributed by atoms with Crippen molar-refractivity contribution in [1.29, 1.82) is 0 Å². The van der Waals surface area contributed by atoms with E-state index in [0.29, 0.717) is 0 Å². The molecule has 0 unspecified atom stereocenters. The Bertz CT molecular complexity index is 97.6. The molecular formula is C7H16N2O. The molecule has 1 saturated heterocycles. The predicted octanol–water partition coefficient (Wildman–Crippen LogP) is -1.59. The number of nitrogens with two attached hydrogens (primary N) is 1. The van der Waals surface area contributed by atoms with Crippen LogP contribution in [0.1, 0.15) is 6.42 Å². The number of likely N-dealkylation sites (tertiary alicyclic amines) is 1. The third kappa shape index (κ3) is 2.25. The lowest BCUT2D eigenvalue weighted by Crippen LogP contribution is -2.78. The molecule has 0 bridgehead atoms. The first-order valence-corrected chi connectivity index (χ1v) is 3.84. The van der Waals surface area contributed by atoms with Crippen LogP contribution >= 0.6 is 0 Å². The van der Waals surface area contributed by atoms with Crippen LogP contribution in [0.15, 0.2) is 0 Å². The fourth-order valence-electron chi connectivity index (χ4n) is 1.29. The number of nitrogens with zero attached hydrogens (tertiary/aromatic N) is 1. The average molecular weight is 144 g/mol. The molecule has 0 amide bonds. The lowest BCUT2D eigenvalue weighted by Gasteiger charge is -2.13. The third-order valence-electron chi connectivity index (χ3n) is 1.90. The van der Waals surface area contributed by atoms with E-state index in [1.165, 1.54) is 0 Å². The summed E-state index contributed by atoms with van der Waals surface area (Å²) in [5.41, 5.74) is 0. The minimum absolute atomic E-state index is 0.0789. The van der Waals surface area contributed by atoms with Crippen molar-refractivity contribution in [3.63, 3.8) is 0 Å². The number of rotatable bonds is 3. The molecule has 3 heteroatoms. The number of hydrogen-bond donors (Lipinski definition) is 2. The van der Waals surface area contributed by atoms with Gasteiger partial charge in [-0.3, -0.25) is 4.90 Å². The summed E-state index contributed by atoms with van der Waals surface area (Å²) in [4.78, 5) is 2.27. The van der Waals surface area contributed by atoms with Crippen molar-refractivity contribution in [2.45, 2.75) is 12.5 Å². The Morgan fingerprint density at radius 1 is 1.70 bits per heavy atom. The van der Waals surface area contributed by atoms with Crippen molar-refractivity contribution >= 4 is 0 Å². The Kier molecular flexibility index (Phi) is 3.12. The molecule has 0 aromatic heterocycles. The maximum absolute atomic E-state index is 9.13. The lowest BCUT2D eigenvalue weighted by atomic mass is 10.3. The number of β-amino-alcohol motifs (C(OH)–C–C–N with tert-alkyl or cyclic N) is 1. The fourth-order valence-corrected chi connectivity index (χ4v) is 1.29. The molecule has 1 aliphatic rings. The van der Waals surface area contributed by atoms with Crippen molar-refractivity contribution in [2.24, 2.45) is 0 Å². The van der Waals surface area contributed by atoms with Crippen LogP contribution in [-0.2, 0) is 0 Å². The normalized spacial score (nSPS) is 27.6. The van der Waals surface area contributed by atoms with Gasteiger partial charge in [0.2, 0.25) is 0 Å². The fraction of sp³-hybridized carbons (Fsp3) is 0.857. The van der Waals surface area contributed by atoms with E-state index in [9.17, 15) is 0 Å². The highest BCUT2D eigenvalue weighted by atomic mass is 16.3. The van der Waals surface area contributed by atoms with Gasteiger partial charge in [0, 0.05) is 19.6 Å². The van der Waals surface area contributed by atoms with Gasteiger partial charge in [-0.05, 0) is 6.42 Å². The van der Waals surface area contributed by atoms with Gasteiger partial charge in [0.25, 0.3) is 0 Å². The Morgan fingerprint density at radius 3 is 3.00 bits per heavy atom. The molecule has 0 saturated carbocycles. The van der Waals surface area contributed by atoms with E-state index in [2.05, 4.69) is 11.9 Å². The molecule has 1 heterocycles. The van der Waals surface area contributed by atoms with Gasteiger partial charge in [-0.1, -0.05) is 0 Å². The van der Waals surface area contributed by atoms with Gasteiger partial charge in [0.1, 0.15) is 0 Å². The summed E-state index contributed by atoms with van der Waals surface area (Å²) < 4.78 is 0. The van der Waals surface area contributed by atoms with Crippen LogP contribution in [0.3, 0.4) is 0 Å². The first-order valence-electron chi connectivity index (χ1n) is 3.84. The van der Waals surface area contributed by atoms with Gasteiger partial charge in [0.15, 0.2) is 0 Å². The van der Waals surface area contributed by atoms with Crippen molar-refractivity contribution in [2.75, 3.05) is 26.2 Å². The van der Waals surface area contributed by atoms with Crippen LogP contribution in [0.4, 0.5) is 0 Å². The summed E-state index contributed by atoms with van der Waals surface area (Å²) in [6.45, 7) is 4.00. The zero-order chi connectivity index (χ0) is 7.40. The van der Waals surface area contributed by atoms with Gasteiger partial charge in [-0.25, -0.2) is 0 Å². The van der Waals surface area contributed by atoms with Crippen molar-refractivity contribution in [1.82, 2.24) is 4.90 Å². The molecule has 1 atom stereocenters. The second kappa shape index (κ2) is 3.91. The number of hydrogen-bond acceptors (Lipinski definition) is 2. The summed E-state index contributed by atoms with van der Waals surface area (Å²) in [5, 5.41) is 11.1. The largest absolute Gasteiger partial charge is 0.478 e. The molecular weight excluding hydrogens is 128 g/mol. The first-order chi connectivity index (χ1) is 4.83. The van der Waals surface area contributed by atoms with E-state index in [1.807, 2.05) is 5.32 Å². The van der Waals surface area contributed by atoms with Gasteiger partial charge in [0.05, 0.1) is 12.6 Å². The third-order valence-corrected chi connectivity index (χ3v) is 1.90. The standard InChI is InChI=1S/C7H16N2O/c1-8-3-5-9-4-2-7(10)6-9/h7,10H,1-6,8H2/t7-/m1/s1. The van der Waals surface area contributed by atoms with E-state index in [-0.39, 0.29) is 6.10 Å². The molecule has 10 heavy (non-hydrogen) atoms. The molecule has 1 aliphatic heterocycles. The van der Waals surface area contributed by atoms with Gasteiger partial charge < -0.3 is 10.4 Å². The van der Waals surface area contributed by atoms with Crippen LogP contribution in [0, 0.1) is 7.05 Å². The van der Waals surface area contributed by atoms with Crippen LogP contribution in [0.2, 0.25) is 0 Å². The highest BCUT2D eigenvalue weighted by molar-refractivity contribution is 4.73. The molecule has 0 aromatic rings. The Balaban J connectivity index is 2.06. The van der Waals surface area contributed by atoms with Crippen LogP contribution in [-0.4, -0.2) is 42.3 Å². The van der Waals surface area contributed by atoms with Crippen LogP contribution in [0.5, 0.6) is 0 Å². The molecule has 0 spiro atoms. The van der Waals surface area contributed by atoms with E-state index in [0.717, 1.165) is 32.6 Å². The highest BCUT2D eigenvalue weighted by Gasteiger charge is 2.18. The summed E-state index contributed by atoms with van der Waals surface area (Å²) in [7, 11) is 3.65. The van der Waals surface area contributed by atoms with E-state index >= 15 is 0 Å². The zero-order valence-corrected chi connectivity index (χ0v) is 6.29. The number of aliphatic hydroxyl groups excluding tert-OH is 1. The minimum atomic E-state index is -0.0789. The second-order valence-corrected chi connectivity index (χ2v) is 2.82. The highest BCUT2D eigenvalue weighted by Crippen LogP contribution is 2.06. The summed E-state index contributed by atoms with van der Waals surface area (Å²) in [6.07, 6.45) is 0.863. The molecule has 3 nitrogen and oxygen atoms in total. The number of quaternary nitrogens is 1. The molecule has 0 aromatic carbocycles. The summed E-state index contributed by atoms with van der Waals surface area (Å²) >= 11 is 0. The predicted molar refractivity (Wildman–Crippen MR) is 39.2 cm³/mol. The molecule has 0 radical (unpaired) electrons. The van der Waals surface area contributed by atoms with Gasteiger partial charge in [-0.2, -0.15) is 7.05 Å². The lowest BCUT2D eigenvalue weighted by molar-refractivity contribution is -0.595. The Labute approximate surface area is 62.0 Å². The van der Waals surface area contributed by atoms with Crippen molar-refractivity contribution in [3.05, 3.63) is 7.05 Å². The van der Waals surface area contributed by atoms with Crippen molar-refractivity contribution in [3.8, 4) is 0 Å². The van der Waals surface area contributed by atoms with Gasteiger partial charge in [-0.15, -0.1) is 0 Å². The Hall–Kier alpha value is -0.120. The minimum Gasteiger partial charge on any atom is -0.478 e. The molecule has 60 valence electrons. The first kappa shape index (κ1) is 7.98. The van der Waals surface area contributed by atoms with Crippen LogP contribution in [0.25, 0.3) is 0 Å². The van der Waals surface area contributed by atoms with E-state index in [1.54, 1.807) is 0 Å². The number of aliphatic hydroxyl groups is 1. The van der Waals surface area contributed by atoms with E-state index < -0.39 is 0 Å². The van der Waals surface area contributed by atoms with Crippen molar-refractivity contribution < 1.29 is 10.4 Å². The maximum atomic E-state index is 9.13. The summed E-state index contributed by atoms with van der Waals surface area (Å²) in [6, 6.07) is 0.